The molecule has 4 rings (SSSR count). The maximum absolute atomic E-state index is 6.24. The third kappa shape index (κ3) is 2.98. The Balaban J connectivity index is 1.61. The number of nitrogens with zero attached hydrogens (tertiary/aromatic N) is 3. The number of aromatic nitrogens is 4. The van der Waals surface area contributed by atoms with Crippen LogP contribution in [0.1, 0.15) is 28.6 Å². The number of hydrogen-bond donors (Lipinski definition) is 2. The monoisotopic (exact) mass is 341 g/mol. The molecule has 3 aromatic rings. The maximum Gasteiger partial charge on any atom is 0.146 e. The molecule has 2 N–H and O–H groups in total. The number of rotatable bonds is 5. The Labute approximate surface area is 144 Å². The molecule has 0 fully saturated rings. The zero-order valence-corrected chi connectivity index (χ0v) is 13.6. The van der Waals surface area contributed by atoms with Crippen LogP contribution in [0.25, 0.3) is 0 Å². The van der Waals surface area contributed by atoms with Crippen molar-refractivity contribution in [2.75, 3.05) is 6.61 Å². The SMILES string of the molecule is Clc1cc2c(c(CNC(c3cccnc3)c3ncn[nH]3)c1)OCC2. The number of H-pyrrole nitrogens is 1. The van der Waals surface area contributed by atoms with Gasteiger partial charge < -0.3 is 4.74 Å². The lowest BCUT2D eigenvalue weighted by atomic mass is 10.1. The number of nitrogens with one attached hydrogen (secondary N) is 2. The van der Waals surface area contributed by atoms with Crippen molar-refractivity contribution in [3.05, 3.63) is 70.5 Å². The maximum atomic E-state index is 6.24. The van der Waals surface area contributed by atoms with E-state index in [-0.39, 0.29) is 6.04 Å². The highest BCUT2D eigenvalue weighted by Gasteiger charge is 2.21. The molecule has 7 heteroatoms. The van der Waals surface area contributed by atoms with Gasteiger partial charge in [-0.05, 0) is 29.3 Å². The number of aromatic amines is 1. The van der Waals surface area contributed by atoms with E-state index in [0.29, 0.717) is 13.2 Å². The Kier molecular flexibility index (Phi) is 4.15. The molecule has 1 unspecified atom stereocenters. The van der Waals surface area contributed by atoms with Gasteiger partial charge in [-0.3, -0.25) is 15.4 Å². The van der Waals surface area contributed by atoms with Gasteiger partial charge in [-0.1, -0.05) is 17.7 Å². The third-order valence-corrected chi connectivity index (χ3v) is 4.27. The van der Waals surface area contributed by atoms with Crippen LogP contribution < -0.4 is 10.1 Å². The van der Waals surface area contributed by atoms with Crippen LogP contribution in [0.2, 0.25) is 5.02 Å². The Hall–Kier alpha value is -2.44. The van der Waals surface area contributed by atoms with Gasteiger partial charge >= 0.3 is 0 Å². The van der Waals surface area contributed by atoms with Crippen LogP contribution in [0.5, 0.6) is 5.75 Å². The number of benzene rings is 1. The van der Waals surface area contributed by atoms with Crippen LogP contribution in [0.15, 0.2) is 43.0 Å². The molecule has 122 valence electrons. The van der Waals surface area contributed by atoms with Crippen molar-refractivity contribution in [1.29, 1.82) is 0 Å². The molecule has 3 heterocycles. The number of fused-ring (bicyclic) bond motifs is 1. The molecule has 0 spiro atoms. The highest BCUT2D eigenvalue weighted by atomic mass is 35.5. The molecule has 1 aliphatic rings. The van der Waals surface area contributed by atoms with Crippen molar-refractivity contribution in [1.82, 2.24) is 25.5 Å². The van der Waals surface area contributed by atoms with Crippen molar-refractivity contribution < 1.29 is 4.74 Å². The molecule has 1 atom stereocenters. The van der Waals surface area contributed by atoms with E-state index in [1.165, 1.54) is 6.33 Å². The van der Waals surface area contributed by atoms with Crippen molar-refractivity contribution in [3.63, 3.8) is 0 Å². The Morgan fingerprint density at radius 3 is 3.12 bits per heavy atom. The lowest BCUT2D eigenvalue weighted by Gasteiger charge is -2.18. The normalized spacial score (nSPS) is 14.2. The van der Waals surface area contributed by atoms with E-state index in [4.69, 9.17) is 16.3 Å². The number of hydrogen-bond acceptors (Lipinski definition) is 5. The molecule has 0 aliphatic carbocycles. The fourth-order valence-corrected chi connectivity index (χ4v) is 3.23. The van der Waals surface area contributed by atoms with Gasteiger partial charge in [-0.2, -0.15) is 5.10 Å². The predicted octanol–water partition coefficient (Wildman–Crippen LogP) is 2.67. The molecule has 0 bridgehead atoms. The van der Waals surface area contributed by atoms with E-state index in [2.05, 4.69) is 25.5 Å². The van der Waals surface area contributed by atoms with Gasteiger partial charge in [-0.25, -0.2) is 4.98 Å². The van der Waals surface area contributed by atoms with E-state index < -0.39 is 0 Å². The smallest absolute Gasteiger partial charge is 0.146 e. The first-order valence-electron chi connectivity index (χ1n) is 7.74. The van der Waals surface area contributed by atoms with Crippen molar-refractivity contribution in [3.8, 4) is 5.75 Å². The van der Waals surface area contributed by atoms with Crippen molar-refractivity contribution in [2.24, 2.45) is 0 Å². The van der Waals surface area contributed by atoms with Gasteiger partial charge in [0.1, 0.15) is 17.9 Å². The van der Waals surface area contributed by atoms with E-state index in [9.17, 15) is 0 Å². The average molecular weight is 342 g/mol. The van der Waals surface area contributed by atoms with Crippen LogP contribution in [0.3, 0.4) is 0 Å². The number of pyridine rings is 1. The summed E-state index contributed by atoms with van der Waals surface area (Å²) in [6.45, 7) is 1.31. The zero-order valence-electron chi connectivity index (χ0n) is 12.9. The highest BCUT2D eigenvalue weighted by Crippen LogP contribution is 2.33. The van der Waals surface area contributed by atoms with Crippen LogP contribution >= 0.6 is 11.6 Å². The minimum Gasteiger partial charge on any atom is -0.493 e. The molecule has 2 aromatic heterocycles. The predicted molar refractivity (Wildman–Crippen MR) is 90.0 cm³/mol. The van der Waals surface area contributed by atoms with E-state index in [1.807, 2.05) is 30.5 Å². The summed E-state index contributed by atoms with van der Waals surface area (Å²) in [6.07, 6.45) is 5.97. The summed E-state index contributed by atoms with van der Waals surface area (Å²) < 4.78 is 5.77. The summed E-state index contributed by atoms with van der Waals surface area (Å²) >= 11 is 6.24. The summed E-state index contributed by atoms with van der Waals surface area (Å²) in [6, 6.07) is 7.69. The second kappa shape index (κ2) is 6.59. The summed E-state index contributed by atoms with van der Waals surface area (Å²) in [4.78, 5) is 8.48. The third-order valence-electron chi connectivity index (χ3n) is 4.05. The molecule has 6 nitrogen and oxygen atoms in total. The fourth-order valence-electron chi connectivity index (χ4n) is 2.96. The highest BCUT2D eigenvalue weighted by molar-refractivity contribution is 6.30. The summed E-state index contributed by atoms with van der Waals surface area (Å²) in [5.41, 5.74) is 3.22. The first-order valence-corrected chi connectivity index (χ1v) is 8.12. The van der Waals surface area contributed by atoms with E-state index in [1.54, 1.807) is 6.20 Å². The van der Waals surface area contributed by atoms with Crippen molar-refractivity contribution in [2.45, 2.75) is 19.0 Å². The topological polar surface area (TPSA) is 75.7 Å². The first-order chi connectivity index (χ1) is 11.8. The first kappa shape index (κ1) is 15.1. The lowest BCUT2D eigenvalue weighted by molar-refractivity contribution is 0.352. The fraction of sp³-hybridized carbons (Fsp3) is 0.235. The van der Waals surface area contributed by atoms with Gasteiger partial charge in [0, 0.05) is 35.9 Å². The van der Waals surface area contributed by atoms with Gasteiger partial charge in [0.15, 0.2) is 0 Å². The molecule has 0 amide bonds. The Morgan fingerprint density at radius 2 is 2.33 bits per heavy atom. The summed E-state index contributed by atoms with van der Waals surface area (Å²) in [7, 11) is 0. The molecular formula is C17H16ClN5O. The molecule has 24 heavy (non-hydrogen) atoms. The van der Waals surface area contributed by atoms with Crippen LogP contribution in [-0.2, 0) is 13.0 Å². The van der Waals surface area contributed by atoms with Crippen LogP contribution in [0, 0.1) is 0 Å². The minimum absolute atomic E-state index is 0.141. The van der Waals surface area contributed by atoms with Gasteiger partial charge in [0.25, 0.3) is 0 Å². The second-order valence-corrected chi connectivity index (χ2v) is 6.06. The zero-order chi connectivity index (χ0) is 16.4. The second-order valence-electron chi connectivity index (χ2n) is 5.62. The van der Waals surface area contributed by atoms with Crippen LogP contribution in [0.4, 0.5) is 0 Å². The quantitative estimate of drug-likeness (QED) is 0.746. The van der Waals surface area contributed by atoms with E-state index >= 15 is 0 Å². The lowest BCUT2D eigenvalue weighted by Crippen LogP contribution is -2.23. The Bertz CT molecular complexity index is 823. The van der Waals surface area contributed by atoms with Gasteiger partial charge in [0.05, 0.1) is 12.6 Å². The minimum atomic E-state index is -0.141. The molecule has 1 aliphatic heterocycles. The molecular weight excluding hydrogens is 326 g/mol. The van der Waals surface area contributed by atoms with E-state index in [0.717, 1.165) is 39.7 Å². The number of ether oxygens (including phenoxy) is 1. The number of halogens is 1. The average Bonchev–Trinajstić information content (AvgIpc) is 3.27. The van der Waals surface area contributed by atoms with Gasteiger partial charge in [0.2, 0.25) is 0 Å². The molecule has 0 saturated heterocycles. The molecule has 0 radical (unpaired) electrons. The van der Waals surface area contributed by atoms with Crippen LogP contribution in [-0.4, -0.2) is 26.8 Å². The molecule has 0 saturated carbocycles. The molecule has 1 aromatic carbocycles. The summed E-state index contributed by atoms with van der Waals surface area (Å²) in [5, 5.41) is 11.1. The summed E-state index contributed by atoms with van der Waals surface area (Å²) in [5.74, 6) is 1.68. The largest absolute Gasteiger partial charge is 0.493 e. The standard InChI is InChI=1S/C17H16ClN5O/c18-14-6-11-3-5-24-16(11)13(7-14)9-20-15(17-21-10-22-23-17)12-2-1-4-19-8-12/h1-2,4,6-8,10,15,20H,3,5,9H2,(H,21,22,23). The van der Waals surface area contributed by atoms with Crippen molar-refractivity contribution >= 4 is 11.6 Å². The van der Waals surface area contributed by atoms with Gasteiger partial charge in [-0.15, -0.1) is 0 Å². The Morgan fingerprint density at radius 1 is 1.38 bits per heavy atom.